The summed E-state index contributed by atoms with van der Waals surface area (Å²) in [5.74, 6) is 1.79. The Balaban J connectivity index is 1.50. The van der Waals surface area contributed by atoms with E-state index in [1.54, 1.807) is 14.2 Å². The zero-order chi connectivity index (χ0) is 24.3. The maximum absolute atomic E-state index is 5.59. The van der Waals surface area contributed by atoms with E-state index in [1.165, 1.54) is 71.1 Å². The smallest absolute Gasteiger partial charge is 0.120 e. The molecule has 174 valence electrons. The number of para-hydroxylation sites is 1. The van der Waals surface area contributed by atoms with Gasteiger partial charge in [0.1, 0.15) is 11.5 Å². The first-order valence-electron chi connectivity index (χ1n) is 12.4. The molecule has 5 aromatic carbocycles. The molecule has 2 heterocycles. The number of nitrogens with zero attached hydrogens (tertiary/aromatic N) is 1. The van der Waals surface area contributed by atoms with Gasteiger partial charge in [-0.25, -0.2) is 0 Å². The van der Waals surface area contributed by atoms with Crippen molar-refractivity contribution in [1.82, 2.24) is 4.40 Å². The van der Waals surface area contributed by atoms with Gasteiger partial charge >= 0.3 is 0 Å². The number of aromatic nitrogens is 1. The molecular weight excluding hydrogens is 442 g/mol. The lowest BCUT2D eigenvalue weighted by Crippen LogP contribution is -2.15. The largest absolute Gasteiger partial charge is 0.497 e. The summed E-state index contributed by atoms with van der Waals surface area (Å²) in [7, 11) is 3.47. The van der Waals surface area contributed by atoms with Crippen molar-refractivity contribution in [3.05, 3.63) is 90.0 Å². The van der Waals surface area contributed by atoms with Crippen molar-refractivity contribution in [3.8, 4) is 22.6 Å². The lowest BCUT2D eigenvalue weighted by molar-refractivity contribution is 0.413. The second-order valence-electron chi connectivity index (χ2n) is 10.6. The normalized spacial score (nSPS) is 14.3. The van der Waals surface area contributed by atoms with Crippen LogP contribution < -0.4 is 9.47 Å². The van der Waals surface area contributed by atoms with Crippen LogP contribution >= 0.6 is 0 Å². The minimum Gasteiger partial charge on any atom is -0.497 e. The molecule has 8 rings (SSSR count). The lowest BCUT2D eigenvalue weighted by Gasteiger charge is -2.22. The van der Waals surface area contributed by atoms with Crippen LogP contribution in [0.15, 0.2) is 78.9 Å². The predicted octanol–water partition coefficient (Wildman–Crippen LogP) is 8.31. The maximum Gasteiger partial charge on any atom is 0.120 e. The van der Waals surface area contributed by atoms with Crippen LogP contribution in [-0.4, -0.2) is 18.6 Å². The molecule has 3 heteroatoms. The van der Waals surface area contributed by atoms with E-state index in [-0.39, 0.29) is 5.41 Å². The van der Waals surface area contributed by atoms with Crippen LogP contribution in [0.2, 0.25) is 0 Å². The van der Waals surface area contributed by atoms with Gasteiger partial charge in [0.2, 0.25) is 0 Å². The van der Waals surface area contributed by atoms with E-state index in [1.807, 2.05) is 0 Å². The molecule has 0 aliphatic heterocycles. The van der Waals surface area contributed by atoms with Crippen molar-refractivity contribution in [3.63, 3.8) is 0 Å². The van der Waals surface area contributed by atoms with Crippen LogP contribution in [0.5, 0.6) is 11.5 Å². The number of rotatable bonds is 2. The third kappa shape index (κ3) is 2.29. The molecule has 0 radical (unpaired) electrons. The molecule has 0 bridgehead atoms. The van der Waals surface area contributed by atoms with E-state index in [0.29, 0.717) is 0 Å². The van der Waals surface area contributed by atoms with Gasteiger partial charge in [0.25, 0.3) is 0 Å². The third-order valence-electron chi connectivity index (χ3n) is 8.48. The van der Waals surface area contributed by atoms with Crippen molar-refractivity contribution in [2.24, 2.45) is 0 Å². The fourth-order valence-corrected chi connectivity index (χ4v) is 6.67. The molecule has 0 saturated carbocycles. The second kappa shape index (κ2) is 6.50. The van der Waals surface area contributed by atoms with Gasteiger partial charge in [-0.2, -0.15) is 0 Å². The number of methoxy groups -OCH3 is 2. The standard InChI is InChI=1S/C33H25NO2/c1-33(2)28-14-18-13-27-25-7-5-6-24-23-11-9-21(36-4)17-31(23)34(32(24)25)30(27)15-19(18)12-26(28)22-10-8-20(35-3)16-29(22)33/h5-17H,1-4H3. The summed E-state index contributed by atoms with van der Waals surface area (Å²) in [4.78, 5) is 0. The number of hydrogen-bond donors (Lipinski definition) is 0. The van der Waals surface area contributed by atoms with E-state index in [4.69, 9.17) is 9.47 Å². The highest BCUT2D eigenvalue weighted by Crippen LogP contribution is 2.51. The number of benzene rings is 5. The molecule has 2 aromatic heterocycles. The number of hydrogen-bond acceptors (Lipinski definition) is 2. The van der Waals surface area contributed by atoms with Gasteiger partial charge in [-0.1, -0.05) is 38.1 Å². The molecule has 0 amide bonds. The first-order chi connectivity index (χ1) is 17.5. The molecule has 3 nitrogen and oxygen atoms in total. The summed E-state index contributed by atoms with van der Waals surface area (Å²) in [5, 5.41) is 7.69. The quantitative estimate of drug-likeness (QED) is 0.255. The molecular formula is C33H25NO2. The van der Waals surface area contributed by atoms with Crippen molar-refractivity contribution in [2.45, 2.75) is 19.3 Å². The van der Waals surface area contributed by atoms with Crippen LogP contribution in [0.3, 0.4) is 0 Å². The van der Waals surface area contributed by atoms with Crippen molar-refractivity contribution in [1.29, 1.82) is 0 Å². The van der Waals surface area contributed by atoms with E-state index in [0.717, 1.165) is 11.5 Å². The van der Waals surface area contributed by atoms with E-state index < -0.39 is 0 Å². The first kappa shape index (κ1) is 20.0. The molecule has 0 unspecified atom stereocenters. The number of ether oxygens (including phenoxy) is 2. The molecule has 1 aliphatic rings. The predicted molar refractivity (Wildman–Crippen MR) is 149 cm³/mol. The van der Waals surface area contributed by atoms with Crippen LogP contribution in [-0.2, 0) is 5.41 Å². The highest BCUT2D eigenvalue weighted by molar-refractivity contribution is 6.24. The van der Waals surface area contributed by atoms with Gasteiger partial charge in [-0.15, -0.1) is 0 Å². The zero-order valence-electron chi connectivity index (χ0n) is 20.8. The van der Waals surface area contributed by atoms with Gasteiger partial charge < -0.3 is 13.9 Å². The van der Waals surface area contributed by atoms with Gasteiger partial charge in [0.05, 0.1) is 30.8 Å². The van der Waals surface area contributed by atoms with Gasteiger partial charge in [-0.3, -0.25) is 0 Å². The highest BCUT2D eigenvalue weighted by Gasteiger charge is 2.36. The first-order valence-corrected chi connectivity index (χ1v) is 12.4. The third-order valence-corrected chi connectivity index (χ3v) is 8.48. The van der Waals surface area contributed by atoms with Crippen LogP contribution in [0.25, 0.3) is 60.0 Å². The Labute approximate surface area is 208 Å². The second-order valence-corrected chi connectivity index (χ2v) is 10.6. The molecule has 0 atom stereocenters. The highest BCUT2D eigenvalue weighted by atomic mass is 16.5. The Hall–Kier alpha value is -4.24. The van der Waals surface area contributed by atoms with E-state index in [9.17, 15) is 0 Å². The Morgan fingerprint density at radius 3 is 2.06 bits per heavy atom. The fourth-order valence-electron chi connectivity index (χ4n) is 6.67. The summed E-state index contributed by atoms with van der Waals surface area (Å²) >= 11 is 0. The number of fused-ring (bicyclic) bond motifs is 10. The molecule has 36 heavy (non-hydrogen) atoms. The molecule has 0 spiro atoms. The van der Waals surface area contributed by atoms with E-state index >= 15 is 0 Å². The van der Waals surface area contributed by atoms with Gasteiger partial charge in [0.15, 0.2) is 0 Å². The Kier molecular flexibility index (Phi) is 3.61. The Morgan fingerprint density at radius 1 is 0.583 bits per heavy atom. The maximum atomic E-state index is 5.59. The summed E-state index contributed by atoms with van der Waals surface area (Å²) in [6.45, 7) is 4.64. The lowest BCUT2D eigenvalue weighted by atomic mass is 9.82. The summed E-state index contributed by atoms with van der Waals surface area (Å²) < 4.78 is 13.6. The van der Waals surface area contributed by atoms with Crippen LogP contribution in [0, 0.1) is 0 Å². The van der Waals surface area contributed by atoms with Gasteiger partial charge in [0, 0.05) is 33.0 Å². The molecule has 0 N–H and O–H groups in total. The molecule has 0 fully saturated rings. The van der Waals surface area contributed by atoms with Crippen LogP contribution in [0.1, 0.15) is 25.0 Å². The Bertz CT molecular complexity index is 2040. The molecule has 1 aliphatic carbocycles. The average Bonchev–Trinajstić information content (AvgIpc) is 3.48. The van der Waals surface area contributed by atoms with Crippen molar-refractivity contribution >= 4 is 48.9 Å². The summed E-state index contributed by atoms with van der Waals surface area (Å²) in [6.07, 6.45) is 0. The SMILES string of the molecule is COc1ccc2c(c1)C(C)(C)c1cc3cc4c5cccc6c7ccc(OC)cc7n(c4cc3cc1-2)c65. The average molecular weight is 468 g/mol. The Morgan fingerprint density at radius 2 is 1.25 bits per heavy atom. The van der Waals surface area contributed by atoms with Crippen molar-refractivity contribution < 1.29 is 9.47 Å². The van der Waals surface area contributed by atoms with Gasteiger partial charge in [-0.05, 0) is 81.6 Å². The minimum atomic E-state index is -0.0789. The molecule has 0 saturated heterocycles. The summed E-state index contributed by atoms with van der Waals surface area (Å²) in [5.41, 5.74) is 8.98. The minimum absolute atomic E-state index is 0.0789. The monoisotopic (exact) mass is 467 g/mol. The van der Waals surface area contributed by atoms with Crippen LogP contribution in [0.4, 0.5) is 0 Å². The van der Waals surface area contributed by atoms with Crippen molar-refractivity contribution in [2.75, 3.05) is 14.2 Å². The topological polar surface area (TPSA) is 22.9 Å². The fraction of sp³-hybridized carbons (Fsp3) is 0.152. The zero-order valence-corrected chi connectivity index (χ0v) is 20.8. The summed E-state index contributed by atoms with van der Waals surface area (Å²) in [6, 6.07) is 29.1. The molecule has 7 aromatic rings. The van der Waals surface area contributed by atoms with E-state index in [2.05, 4.69) is 97.1 Å².